The van der Waals surface area contributed by atoms with Gasteiger partial charge in [0.05, 0.1) is 5.56 Å². The monoisotopic (exact) mass is 340 g/mol. The highest BCUT2D eigenvalue weighted by atomic mass is 19.1. The van der Waals surface area contributed by atoms with Gasteiger partial charge in [-0.2, -0.15) is 0 Å². The third-order valence-electron chi connectivity index (χ3n) is 4.02. The molecule has 0 atom stereocenters. The van der Waals surface area contributed by atoms with Crippen molar-refractivity contribution in [3.8, 4) is 0 Å². The van der Waals surface area contributed by atoms with E-state index in [0.717, 1.165) is 17.0 Å². The van der Waals surface area contributed by atoms with Crippen molar-refractivity contribution < 1.29 is 13.6 Å². The topological polar surface area (TPSA) is 85.3 Å². The third kappa shape index (κ3) is 3.38. The quantitative estimate of drug-likeness (QED) is 0.714. The number of nitrogens with two attached hydrogens (primary N) is 1. The van der Waals surface area contributed by atoms with Crippen molar-refractivity contribution >= 4 is 22.6 Å². The van der Waals surface area contributed by atoms with Gasteiger partial charge in [-0.15, -0.1) is 0 Å². The number of carbonyl (C=O) groups is 1. The SMILES string of the molecule is Cc1ccc2c(CNc3cc(C)c(F)cc3C(N)=O)cc(=O)oc2c1. The second-order valence-electron chi connectivity index (χ2n) is 5.96. The van der Waals surface area contributed by atoms with Crippen LogP contribution in [0.3, 0.4) is 0 Å². The molecule has 3 aromatic rings. The molecular formula is C19H17FN2O3. The van der Waals surface area contributed by atoms with E-state index in [1.54, 1.807) is 13.0 Å². The van der Waals surface area contributed by atoms with E-state index in [1.807, 2.05) is 19.1 Å². The highest BCUT2D eigenvalue weighted by Gasteiger charge is 2.13. The van der Waals surface area contributed by atoms with Gasteiger partial charge in [0, 0.05) is 23.7 Å². The maximum atomic E-state index is 13.7. The van der Waals surface area contributed by atoms with E-state index < -0.39 is 17.3 Å². The number of halogens is 1. The van der Waals surface area contributed by atoms with Crippen molar-refractivity contribution in [3.63, 3.8) is 0 Å². The average Bonchev–Trinajstić information content (AvgIpc) is 2.54. The van der Waals surface area contributed by atoms with Gasteiger partial charge in [-0.05, 0) is 48.7 Å². The fraction of sp³-hybridized carbons (Fsp3) is 0.158. The predicted octanol–water partition coefficient (Wildman–Crippen LogP) is 3.26. The first-order valence-electron chi connectivity index (χ1n) is 7.72. The number of anilines is 1. The molecule has 1 heterocycles. The molecule has 3 N–H and O–H groups in total. The molecule has 0 radical (unpaired) electrons. The van der Waals surface area contributed by atoms with Crippen LogP contribution in [0.25, 0.3) is 11.0 Å². The summed E-state index contributed by atoms with van der Waals surface area (Å²) in [6, 6.07) is 9.61. The normalized spacial score (nSPS) is 10.8. The molecule has 0 saturated heterocycles. The first kappa shape index (κ1) is 16.7. The van der Waals surface area contributed by atoms with Gasteiger partial charge in [-0.25, -0.2) is 9.18 Å². The molecule has 0 aliphatic heterocycles. The zero-order chi connectivity index (χ0) is 18.1. The summed E-state index contributed by atoms with van der Waals surface area (Å²) in [5.74, 6) is -1.23. The molecule has 1 aromatic heterocycles. The number of hydrogen-bond acceptors (Lipinski definition) is 4. The number of aryl methyl sites for hydroxylation is 2. The maximum absolute atomic E-state index is 13.7. The highest BCUT2D eigenvalue weighted by Crippen LogP contribution is 2.23. The summed E-state index contributed by atoms with van der Waals surface area (Å²) < 4.78 is 18.9. The van der Waals surface area contributed by atoms with Crippen LogP contribution in [0, 0.1) is 19.7 Å². The van der Waals surface area contributed by atoms with Crippen LogP contribution >= 0.6 is 0 Å². The lowest BCUT2D eigenvalue weighted by atomic mass is 10.1. The Labute approximate surface area is 143 Å². The van der Waals surface area contributed by atoms with E-state index in [9.17, 15) is 14.0 Å². The van der Waals surface area contributed by atoms with E-state index in [-0.39, 0.29) is 12.1 Å². The van der Waals surface area contributed by atoms with Crippen molar-refractivity contribution in [2.24, 2.45) is 5.73 Å². The Kier molecular flexibility index (Phi) is 4.27. The summed E-state index contributed by atoms with van der Waals surface area (Å²) in [5, 5.41) is 3.85. The van der Waals surface area contributed by atoms with Crippen molar-refractivity contribution in [2.75, 3.05) is 5.32 Å². The second-order valence-corrected chi connectivity index (χ2v) is 5.96. The molecule has 0 aliphatic carbocycles. The molecule has 5 nitrogen and oxygen atoms in total. The molecule has 0 saturated carbocycles. The van der Waals surface area contributed by atoms with Crippen LogP contribution in [0.1, 0.15) is 27.0 Å². The van der Waals surface area contributed by atoms with Gasteiger partial charge in [0.25, 0.3) is 5.91 Å². The van der Waals surface area contributed by atoms with Crippen LogP contribution in [0.4, 0.5) is 10.1 Å². The molecule has 1 amide bonds. The van der Waals surface area contributed by atoms with Crippen LogP contribution in [0.2, 0.25) is 0 Å². The van der Waals surface area contributed by atoms with Crippen molar-refractivity contribution in [1.82, 2.24) is 0 Å². The van der Waals surface area contributed by atoms with Crippen LogP contribution < -0.4 is 16.7 Å². The molecular weight excluding hydrogens is 323 g/mol. The van der Waals surface area contributed by atoms with Gasteiger partial charge in [-0.1, -0.05) is 12.1 Å². The van der Waals surface area contributed by atoms with Crippen LogP contribution in [0.15, 0.2) is 45.6 Å². The van der Waals surface area contributed by atoms with Crippen molar-refractivity contribution in [2.45, 2.75) is 20.4 Å². The Morgan fingerprint density at radius 1 is 1.20 bits per heavy atom. The summed E-state index contributed by atoms with van der Waals surface area (Å²) in [6.07, 6.45) is 0. The Bertz CT molecular complexity index is 1040. The Morgan fingerprint density at radius 2 is 1.96 bits per heavy atom. The molecule has 128 valence electrons. The molecule has 3 rings (SSSR count). The van der Waals surface area contributed by atoms with Gasteiger partial charge < -0.3 is 15.5 Å². The van der Waals surface area contributed by atoms with E-state index in [2.05, 4.69) is 5.32 Å². The minimum atomic E-state index is -0.727. The van der Waals surface area contributed by atoms with E-state index >= 15 is 0 Å². The summed E-state index contributed by atoms with van der Waals surface area (Å²) in [4.78, 5) is 23.3. The van der Waals surface area contributed by atoms with Crippen molar-refractivity contribution in [1.29, 1.82) is 0 Å². The molecule has 25 heavy (non-hydrogen) atoms. The number of benzene rings is 2. The second kappa shape index (κ2) is 6.39. The minimum absolute atomic E-state index is 0.0613. The van der Waals surface area contributed by atoms with Gasteiger partial charge in [0.1, 0.15) is 11.4 Å². The third-order valence-corrected chi connectivity index (χ3v) is 4.02. The van der Waals surface area contributed by atoms with Gasteiger partial charge in [0.2, 0.25) is 0 Å². The largest absolute Gasteiger partial charge is 0.423 e. The Morgan fingerprint density at radius 3 is 2.68 bits per heavy atom. The highest BCUT2D eigenvalue weighted by molar-refractivity contribution is 5.98. The fourth-order valence-corrected chi connectivity index (χ4v) is 2.71. The first-order chi connectivity index (χ1) is 11.8. The maximum Gasteiger partial charge on any atom is 0.336 e. The summed E-state index contributed by atoms with van der Waals surface area (Å²) in [7, 11) is 0. The van der Waals surface area contributed by atoms with Crippen LogP contribution in [-0.2, 0) is 6.54 Å². The Balaban J connectivity index is 2.00. The lowest BCUT2D eigenvalue weighted by Gasteiger charge is -2.13. The van der Waals surface area contributed by atoms with E-state index in [4.69, 9.17) is 10.2 Å². The molecule has 0 bridgehead atoms. The van der Waals surface area contributed by atoms with E-state index in [1.165, 1.54) is 12.1 Å². The number of rotatable bonds is 4. The number of primary amides is 1. The molecule has 0 fully saturated rings. The number of amides is 1. The lowest BCUT2D eigenvalue weighted by molar-refractivity contribution is 0.100. The summed E-state index contributed by atoms with van der Waals surface area (Å²) >= 11 is 0. The standard InChI is InChI=1S/C19H17FN2O3/c1-10-3-4-13-12(7-18(23)25-17(13)5-10)9-22-16-6-11(2)15(20)8-14(16)19(21)24/h3-8,22H,9H2,1-2H3,(H2,21,24). The molecule has 0 unspecified atom stereocenters. The Hall–Kier alpha value is -3.15. The van der Waals surface area contributed by atoms with Crippen LogP contribution in [0.5, 0.6) is 0 Å². The lowest BCUT2D eigenvalue weighted by Crippen LogP contribution is -2.15. The molecule has 0 spiro atoms. The van der Waals surface area contributed by atoms with Gasteiger partial charge in [0.15, 0.2) is 0 Å². The van der Waals surface area contributed by atoms with Gasteiger partial charge >= 0.3 is 5.63 Å². The van der Waals surface area contributed by atoms with E-state index in [0.29, 0.717) is 22.4 Å². The average molecular weight is 340 g/mol. The number of fused-ring (bicyclic) bond motifs is 1. The summed E-state index contributed by atoms with van der Waals surface area (Å²) in [5.41, 5.74) is 7.92. The predicted molar refractivity (Wildman–Crippen MR) is 94.2 cm³/mol. The number of nitrogens with one attached hydrogen (secondary N) is 1. The fourth-order valence-electron chi connectivity index (χ4n) is 2.71. The number of hydrogen-bond donors (Lipinski definition) is 2. The minimum Gasteiger partial charge on any atom is -0.423 e. The zero-order valence-electron chi connectivity index (χ0n) is 13.9. The first-order valence-corrected chi connectivity index (χ1v) is 7.72. The number of carbonyl (C=O) groups excluding carboxylic acids is 1. The molecule has 6 heteroatoms. The smallest absolute Gasteiger partial charge is 0.336 e. The summed E-state index contributed by atoms with van der Waals surface area (Å²) in [6.45, 7) is 3.77. The van der Waals surface area contributed by atoms with Crippen molar-refractivity contribution in [3.05, 3.63) is 74.9 Å². The molecule has 0 aliphatic rings. The zero-order valence-corrected chi connectivity index (χ0v) is 13.9. The molecule has 2 aromatic carbocycles. The van der Waals surface area contributed by atoms with Gasteiger partial charge in [-0.3, -0.25) is 4.79 Å². The van der Waals surface area contributed by atoms with Crippen LogP contribution in [-0.4, -0.2) is 5.91 Å².